The Labute approximate surface area is 99.5 Å². The van der Waals surface area contributed by atoms with Crippen molar-refractivity contribution in [2.24, 2.45) is 11.6 Å². The van der Waals surface area contributed by atoms with Gasteiger partial charge < -0.3 is 15.6 Å². The SMILES string of the molecule is C=C(CC)CCN(N)/C=C(\N)CCN(C)C. The van der Waals surface area contributed by atoms with Gasteiger partial charge in [0.1, 0.15) is 0 Å². The Morgan fingerprint density at radius 3 is 2.38 bits per heavy atom. The Hall–Kier alpha value is -1.00. The van der Waals surface area contributed by atoms with Crippen molar-refractivity contribution < 1.29 is 0 Å². The molecule has 0 aromatic carbocycles. The van der Waals surface area contributed by atoms with E-state index < -0.39 is 0 Å². The summed E-state index contributed by atoms with van der Waals surface area (Å²) < 4.78 is 0. The monoisotopic (exact) mass is 226 g/mol. The summed E-state index contributed by atoms with van der Waals surface area (Å²) in [5.74, 6) is 5.81. The predicted octanol–water partition coefficient (Wildman–Crippen LogP) is 1.27. The van der Waals surface area contributed by atoms with E-state index in [0.29, 0.717) is 0 Å². The van der Waals surface area contributed by atoms with E-state index in [1.54, 1.807) is 5.01 Å². The molecule has 0 rings (SSSR count). The molecule has 0 heterocycles. The lowest BCUT2D eigenvalue weighted by atomic mass is 10.2. The molecule has 0 fully saturated rings. The average molecular weight is 226 g/mol. The smallest absolute Gasteiger partial charge is 0.0373 e. The van der Waals surface area contributed by atoms with Gasteiger partial charge in [-0.05, 0) is 26.9 Å². The van der Waals surface area contributed by atoms with Gasteiger partial charge in [-0.2, -0.15) is 0 Å². The molecule has 0 atom stereocenters. The summed E-state index contributed by atoms with van der Waals surface area (Å²) in [4.78, 5) is 2.10. The van der Waals surface area contributed by atoms with Gasteiger partial charge >= 0.3 is 0 Å². The molecule has 4 nitrogen and oxygen atoms in total. The first kappa shape index (κ1) is 15.0. The Balaban J connectivity index is 3.86. The normalized spacial score (nSPS) is 11.9. The van der Waals surface area contributed by atoms with Crippen molar-refractivity contribution in [1.82, 2.24) is 9.91 Å². The zero-order valence-electron chi connectivity index (χ0n) is 10.9. The molecule has 16 heavy (non-hydrogen) atoms. The second kappa shape index (κ2) is 8.19. The van der Waals surface area contributed by atoms with Gasteiger partial charge in [0.15, 0.2) is 0 Å². The van der Waals surface area contributed by atoms with Crippen LogP contribution in [-0.2, 0) is 0 Å². The molecule has 0 saturated carbocycles. The van der Waals surface area contributed by atoms with Crippen molar-refractivity contribution in [3.63, 3.8) is 0 Å². The Morgan fingerprint density at radius 2 is 1.88 bits per heavy atom. The predicted molar refractivity (Wildman–Crippen MR) is 70.4 cm³/mol. The van der Waals surface area contributed by atoms with Crippen molar-refractivity contribution in [2.75, 3.05) is 27.2 Å². The van der Waals surface area contributed by atoms with Crippen LogP contribution >= 0.6 is 0 Å². The minimum atomic E-state index is 0.773. The largest absolute Gasteiger partial charge is 0.401 e. The summed E-state index contributed by atoms with van der Waals surface area (Å²) in [7, 11) is 4.05. The fraction of sp³-hybridized carbons (Fsp3) is 0.667. The zero-order valence-corrected chi connectivity index (χ0v) is 10.9. The van der Waals surface area contributed by atoms with Crippen molar-refractivity contribution in [3.05, 3.63) is 24.0 Å². The Bertz CT molecular complexity index is 233. The van der Waals surface area contributed by atoms with Crippen LogP contribution in [0.4, 0.5) is 0 Å². The maximum absolute atomic E-state index is 5.85. The lowest BCUT2D eigenvalue weighted by Crippen LogP contribution is -2.28. The van der Waals surface area contributed by atoms with E-state index in [1.807, 2.05) is 20.3 Å². The lowest BCUT2D eigenvalue weighted by Gasteiger charge is -2.16. The number of hydrazine groups is 1. The minimum Gasteiger partial charge on any atom is -0.401 e. The summed E-state index contributed by atoms with van der Waals surface area (Å²) in [6.45, 7) is 7.76. The fourth-order valence-corrected chi connectivity index (χ4v) is 1.16. The van der Waals surface area contributed by atoms with Crippen molar-refractivity contribution in [3.8, 4) is 0 Å². The molecule has 94 valence electrons. The second-order valence-corrected chi connectivity index (χ2v) is 4.35. The van der Waals surface area contributed by atoms with Gasteiger partial charge in [-0.15, -0.1) is 0 Å². The molecule has 0 aliphatic carbocycles. The van der Waals surface area contributed by atoms with Crippen LogP contribution in [0.1, 0.15) is 26.2 Å². The first-order valence-corrected chi connectivity index (χ1v) is 5.74. The molecule has 0 unspecified atom stereocenters. The van der Waals surface area contributed by atoms with Gasteiger partial charge in [0.05, 0.1) is 0 Å². The topological polar surface area (TPSA) is 58.5 Å². The zero-order chi connectivity index (χ0) is 12.6. The van der Waals surface area contributed by atoms with Crippen LogP contribution in [0.2, 0.25) is 0 Å². The van der Waals surface area contributed by atoms with Crippen LogP contribution in [0.3, 0.4) is 0 Å². The van der Waals surface area contributed by atoms with Gasteiger partial charge in [-0.1, -0.05) is 19.1 Å². The van der Waals surface area contributed by atoms with E-state index in [2.05, 4.69) is 18.4 Å². The van der Waals surface area contributed by atoms with Crippen LogP contribution in [0.5, 0.6) is 0 Å². The fourth-order valence-electron chi connectivity index (χ4n) is 1.16. The Morgan fingerprint density at radius 1 is 1.25 bits per heavy atom. The number of nitrogens with two attached hydrogens (primary N) is 2. The molecule has 4 N–H and O–H groups in total. The van der Waals surface area contributed by atoms with Gasteiger partial charge in [0.2, 0.25) is 0 Å². The van der Waals surface area contributed by atoms with Crippen LogP contribution in [0.15, 0.2) is 24.0 Å². The van der Waals surface area contributed by atoms with Crippen LogP contribution in [-0.4, -0.2) is 37.1 Å². The van der Waals surface area contributed by atoms with E-state index in [1.165, 1.54) is 5.57 Å². The van der Waals surface area contributed by atoms with Crippen molar-refractivity contribution >= 4 is 0 Å². The van der Waals surface area contributed by atoms with E-state index in [9.17, 15) is 0 Å². The summed E-state index contributed by atoms with van der Waals surface area (Å²) in [6.07, 6.45) is 4.58. The van der Waals surface area contributed by atoms with E-state index in [4.69, 9.17) is 11.6 Å². The highest BCUT2D eigenvalue weighted by atomic mass is 15.4. The van der Waals surface area contributed by atoms with Gasteiger partial charge in [0, 0.05) is 31.4 Å². The van der Waals surface area contributed by atoms with Crippen LogP contribution < -0.4 is 11.6 Å². The van der Waals surface area contributed by atoms with Crippen molar-refractivity contribution in [2.45, 2.75) is 26.2 Å². The molecular formula is C12H26N4. The van der Waals surface area contributed by atoms with E-state index in [-0.39, 0.29) is 0 Å². The molecule has 0 radical (unpaired) electrons. The van der Waals surface area contributed by atoms with Gasteiger partial charge in [-0.3, -0.25) is 0 Å². The third-order valence-electron chi connectivity index (χ3n) is 2.40. The Kier molecular flexibility index (Phi) is 7.68. The van der Waals surface area contributed by atoms with Crippen LogP contribution in [0.25, 0.3) is 0 Å². The third kappa shape index (κ3) is 8.32. The highest BCUT2D eigenvalue weighted by Gasteiger charge is 1.98. The standard InChI is InChI=1S/C12H26N4/c1-5-11(2)6-9-16(14)10-12(13)7-8-15(3)4/h10H,2,5-9,13-14H2,1,3-4H3/b12-10-. The molecular weight excluding hydrogens is 200 g/mol. The molecule has 4 heteroatoms. The molecule has 0 saturated heterocycles. The maximum atomic E-state index is 5.85. The molecule has 0 aliphatic rings. The first-order chi connectivity index (χ1) is 7.45. The average Bonchev–Trinajstić information content (AvgIpc) is 2.23. The van der Waals surface area contributed by atoms with Crippen LogP contribution in [0, 0.1) is 0 Å². The second-order valence-electron chi connectivity index (χ2n) is 4.35. The number of hydrogen-bond donors (Lipinski definition) is 2. The highest BCUT2D eigenvalue weighted by molar-refractivity contribution is 4.97. The lowest BCUT2D eigenvalue weighted by molar-refractivity contribution is 0.383. The molecule has 0 spiro atoms. The van der Waals surface area contributed by atoms with E-state index in [0.717, 1.165) is 38.0 Å². The number of rotatable bonds is 8. The molecule has 0 aromatic rings. The minimum absolute atomic E-state index is 0.773. The maximum Gasteiger partial charge on any atom is 0.0373 e. The quantitative estimate of drug-likeness (QED) is 0.372. The van der Waals surface area contributed by atoms with Crippen molar-refractivity contribution in [1.29, 1.82) is 0 Å². The highest BCUT2D eigenvalue weighted by Crippen LogP contribution is 2.03. The number of hydrogen-bond acceptors (Lipinski definition) is 4. The summed E-state index contributed by atoms with van der Waals surface area (Å²) >= 11 is 0. The number of nitrogens with zero attached hydrogens (tertiary/aromatic N) is 2. The van der Waals surface area contributed by atoms with Gasteiger partial charge in [0.25, 0.3) is 0 Å². The summed E-state index contributed by atoms with van der Waals surface area (Å²) in [5.41, 5.74) is 7.89. The first-order valence-electron chi connectivity index (χ1n) is 5.74. The third-order valence-corrected chi connectivity index (χ3v) is 2.40. The summed E-state index contributed by atoms with van der Waals surface area (Å²) in [6, 6.07) is 0. The summed E-state index contributed by atoms with van der Waals surface area (Å²) in [5, 5.41) is 1.64. The molecule has 0 amide bonds. The van der Waals surface area contributed by atoms with Gasteiger partial charge in [-0.25, -0.2) is 5.84 Å². The van der Waals surface area contributed by atoms with E-state index >= 15 is 0 Å². The molecule has 0 aromatic heterocycles. The molecule has 0 aliphatic heterocycles. The molecule has 0 bridgehead atoms.